The molecule has 1 aliphatic carbocycles. The van der Waals surface area contributed by atoms with Crippen LogP contribution in [0.5, 0.6) is 0 Å². The molecule has 1 fully saturated rings. The van der Waals surface area contributed by atoms with Crippen molar-refractivity contribution in [1.29, 1.82) is 5.26 Å². The van der Waals surface area contributed by atoms with E-state index < -0.39 is 0 Å². The summed E-state index contributed by atoms with van der Waals surface area (Å²) in [7, 11) is 0. The summed E-state index contributed by atoms with van der Waals surface area (Å²) in [6.07, 6.45) is 5.34. The van der Waals surface area contributed by atoms with Gasteiger partial charge in [0.15, 0.2) is 0 Å². The van der Waals surface area contributed by atoms with E-state index in [-0.39, 0.29) is 5.41 Å². The maximum Gasteiger partial charge on any atom is 0.0693 e. The monoisotopic (exact) mass is 183 g/mol. The molecule has 12 heavy (non-hydrogen) atoms. The molecule has 0 heterocycles. The van der Waals surface area contributed by atoms with Gasteiger partial charge in [-0.05, 0) is 26.2 Å². The number of halogens is 1. The van der Waals surface area contributed by atoms with Crippen LogP contribution >= 0.6 is 11.6 Å². The highest BCUT2D eigenvalue weighted by Crippen LogP contribution is 2.42. The average Bonchev–Trinajstić information content (AvgIpc) is 2.54. The van der Waals surface area contributed by atoms with Crippen LogP contribution in [-0.2, 0) is 0 Å². The van der Waals surface area contributed by atoms with Crippen LogP contribution in [0.4, 0.5) is 0 Å². The highest BCUT2D eigenvalue weighted by atomic mass is 35.5. The summed E-state index contributed by atoms with van der Waals surface area (Å²) in [5, 5.41) is 9.04. The van der Waals surface area contributed by atoms with Gasteiger partial charge < -0.3 is 0 Å². The Morgan fingerprint density at radius 2 is 2.17 bits per heavy atom. The summed E-state index contributed by atoms with van der Waals surface area (Å²) < 4.78 is 0. The highest BCUT2D eigenvalue weighted by Gasteiger charge is 2.33. The third-order valence-corrected chi connectivity index (χ3v) is 2.97. The molecule has 0 saturated heterocycles. The van der Waals surface area contributed by atoms with Crippen LogP contribution in [0.3, 0.4) is 0 Å². The molecular weight excluding hydrogens is 170 g/mol. The lowest BCUT2D eigenvalue weighted by Crippen LogP contribution is -2.13. The fourth-order valence-corrected chi connectivity index (χ4v) is 2.03. The van der Waals surface area contributed by atoms with Crippen molar-refractivity contribution < 1.29 is 0 Å². The van der Waals surface area contributed by atoms with E-state index in [9.17, 15) is 0 Å². The van der Waals surface area contributed by atoms with Crippen molar-refractivity contribution in [3.05, 3.63) is 11.1 Å². The van der Waals surface area contributed by atoms with Crippen molar-refractivity contribution in [2.75, 3.05) is 0 Å². The Kier molecular flexibility index (Phi) is 3.17. The number of hydrogen-bond donors (Lipinski definition) is 0. The van der Waals surface area contributed by atoms with E-state index in [2.05, 4.69) is 6.07 Å². The van der Waals surface area contributed by atoms with E-state index in [1.54, 1.807) is 5.54 Å². The van der Waals surface area contributed by atoms with E-state index >= 15 is 0 Å². The molecule has 0 aromatic heterocycles. The molecule has 0 radical (unpaired) electrons. The summed E-state index contributed by atoms with van der Waals surface area (Å²) in [4.78, 5) is 0. The van der Waals surface area contributed by atoms with E-state index in [0.29, 0.717) is 0 Å². The molecule has 1 rings (SSSR count). The number of nitrogens with zero attached hydrogens (tertiary/aromatic N) is 1. The number of rotatable bonds is 2. The molecule has 0 N–H and O–H groups in total. The molecule has 0 atom stereocenters. The van der Waals surface area contributed by atoms with E-state index in [1.165, 1.54) is 12.8 Å². The summed E-state index contributed by atoms with van der Waals surface area (Å²) >= 11 is 5.58. The molecule has 1 aliphatic rings. The smallest absolute Gasteiger partial charge is 0.0693 e. The van der Waals surface area contributed by atoms with Crippen LogP contribution in [0.2, 0.25) is 0 Å². The van der Waals surface area contributed by atoms with Crippen LogP contribution in [0, 0.1) is 16.7 Å². The van der Waals surface area contributed by atoms with E-state index in [0.717, 1.165) is 24.8 Å². The molecule has 0 bridgehead atoms. The van der Waals surface area contributed by atoms with Crippen molar-refractivity contribution in [3.63, 3.8) is 0 Å². The maximum absolute atomic E-state index is 9.04. The molecule has 0 spiro atoms. The predicted octanol–water partition coefficient (Wildman–Crippen LogP) is 3.60. The largest absolute Gasteiger partial charge is 0.198 e. The van der Waals surface area contributed by atoms with Gasteiger partial charge in [-0.2, -0.15) is 5.26 Å². The third-order valence-electron chi connectivity index (χ3n) is 2.60. The molecule has 0 amide bonds. The van der Waals surface area contributed by atoms with Gasteiger partial charge in [-0.15, -0.1) is 0 Å². The summed E-state index contributed by atoms with van der Waals surface area (Å²) in [5.74, 6) is 0. The van der Waals surface area contributed by atoms with Crippen LogP contribution in [0.25, 0.3) is 0 Å². The molecule has 0 unspecified atom stereocenters. The topological polar surface area (TPSA) is 23.8 Å². The van der Waals surface area contributed by atoms with Gasteiger partial charge in [0.1, 0.15) is 0 Å². The van der Waals surface area contributed by atoms with Crippen LogP contribution in [-0.4, -0.2) is 0 Å². The van der Waals surface area contributed by atoms with Gasteiger partial charge in [-0.3, -0.25) is 0 Å². The van der Waals surface area contributed by atoms with Gasteiger partial charge in [0.25, 0.3) is 0 Å². The fraction of sp³-hybridized carbons (Fsp3) is 0.700. The first-order valence-electron chi connectivity index (χ1n) is 4.39. The van der Waals surface area contributed by atoms with Gasteiger partial charge in [0, 0.05) is 5.54 Å². The lowest BCUT2D eigenvalue weighted by Gasteiger charge is -2.19. The van der Waals surface area contributed by atoms with E-state index in [1.807, 2.05) is 6.92 Å². The molecule has 2 heteroatoms. The van der Waals surface area contributed by atoms with Crippen LogP contribution in [0.15, 0.2) is 11.1 Å². The first-order chi connectivity index (χ1) is 5.72. The molecule has 1 saturated carbocycles. The zero-order valence-corrected chi connectivity index (χ0v) is 8.19. The predicted molar refractivity (Wildman–Crippen MR) is 50.7 cm³/mol. The van der Waals surface area contributed by atoms with Crippen molar-refractivity contribution >= 4 is 11.6 Å². The maximum atomic E-state index is 9.04. The SMILES string of the molecule is C/C(=C\Cl)CC1(C#N)CCCC1. The molecule has 0 aromatic carbocycles. The zero-order chi connectivity index (χ0) is 9.03. The van der Waals surface area contributed by atoms with Gasteiger partial charge >= 0.3 is 0 Å². The normalized spacial score (nSPS) is 22.2. The third kappa shape index (κ3) is 2.01. The first-order valence-corrected chi connectivity index (χ1v) is 4.83. The number of hydrogen-bond acceptors (Lipinski definition) is 1. The minimum atomic E-state index is -0.0878. The Morgan fingerprint density at radius 1 is 1.58 bits per heavy atom. The van der Waals surface area contributed by atoms with Gasteiger partial charge in [0.2, 0.25) is 0 Å². The second-order valence-corrected chi connectivity index (χ2v) is 3.95. The molecule has 1 nitrogen and oxygen atoms in total. The van der Waals surface area contributed by atoms with Gasteiger partial charge in [-0.25, -0.2) is 0 Å². The second kappa shape index (κ2) is 3.96. The van der Waals surface area contributed by atoms with Crippen molar-refractivity contribution in [2.45, 2.75) is 39.0 Å². The molecular formula is C10H14ClN. The summed E-state index contributed by atoms with van der Waals surface area (Å²) in [5.41, 5.74) is 2.63. The standard InChI is InChI=1S/C10H14ClN/c1-9(7-11)6-10(8-12)4-2-3-5-10/h7H,2-6H2,1H3/b9-7+. The Bertz CT molecular complexity index is 218. The van der Waals surface area contributed by atoms with E-state index in [4.69, 9.17) is 16.9 Å². The quantitative estimate of drug-likeness (QED) is 0.642. The van der Waals surface area contributed by atoms with Gasteiger partial charge in [-0.1, -0.05) is 30.0 Å². The Hall–Kier alpha value is -0.480. The van der Waals surface area contributed by atoms with Crippen molar-refractivity contribution in [2.24, 2.45) is 5.41 Å². The number of nitriles is 1. The Balaban J connectivity index is 2.63. The minimum absolute atomic E-state index is 0.0878. The minimum Gasteiger partial charge on any atom is -0.198 e. The molecule has 0 aliphatic heterocycles. The molecule has 66 valence electrons. The van der Waals surface area contributed by atoms with Crippen LogP contribution < -0.4 is 0 Å². The second-order valence-electron chi connectivity index (χ2n) is 3.73. The lowest BCUT2D eigenvalue weighted by atomic mass is 9.82. The zero-order valence-electron chi connectivity index (χ0n) is 7.44. The molecule has 0 aromatic rings. The van der Waals surface area contributed by atoms with Crippen molar-refractivity contribution in [3.8, 4) is 6.07 Å². The fourth-order valence-electron chi connectivity index (χ4n) is 1.95. The summed E-state index contributed by atoms with van der Waals surface area (Å²) in [6, 6.07) is 2.44. The van der Waals surface area contributed by atoms with Gasteiger partial charge in [0.05, 0.1) is 11.5 Å². The number of allylic oxidation sites excluding steroid dienone is 1. The summed E-state index contributed by atoms with van der Waals surface area (Å²) in [6.45, 7) is 1.99. The lowest BCUT2D eigenvalue weighted by molar-refractivity contribution is 0.407. The Morgan fingerprint density at radius 3 is 2.58 bits per heavy atom. The first kappa shape index (κ1) is 9.61. The van der Waals surface area contributed by atoms with Crippen molar-refractivity contribution in [1.82, 2.24) is 0 Å². The van der Waals surface area contributed by atoms with Crippen LogP contribution in [0.1, 0.15) is 39.0 Å². The average molecular weight is 184 g/mol. The Labute approximate surface area is 79.0 Å². The highest BCUT2D eigenvalue weighted by molar-refractivity contribution is 6.25.